The van der Waals surface area contributed by atoms with E-state index in [2.05, 4.69) is 10.9 Å². The van der Waals surface area contributed by atoms with Crippen molar-refractivity contribution in [1.29, 1.82) is 0 Å². The Hall–Kier alpha value is -1.20. The lowest BCUT2D eigenvalue weighted by Gasteiger charge is -2.06. The van der Waals surface area contributed by atoms with Crippen LogP contribution in [-0.4, -0.2) is 11.1 Å². The summed E-state index contributed by atoms with van der Waals surface area (Å²) in [5.74, 6) is 2.88. The molecule has 0 aliphatic rings. The summed E-state index contributed by atoms with van der Waals surface area (Å²) in [5, 5.41) is 0.400. The number of halogens is 1. The summed E-state index contributed by atoms with van der Waals surface area (Å²) in [4.78, 5) is 3.91. The van der Waals surface area contributed by atoms with Crippen molar-refractivity contribution >= 4 is 11.6 Å². The second-order valence-electron chi connectivity index (χ2n) is 2.23. The minimum Gasteiger partial charge on any atom is -0.461 e. The lowest BCUT2D eigenvalue weighted by Crippen LogP contribution is -2.08. The highest BCUT2D eigenvalue weighted by Crippen LogP contribution is 2.12. The maximum absolute atomic E-state index is 5.63. The number of ether oxygens (including phenoxy) is 1. The average molecular weight is 182 g/mol. The van der Waals surface area contributed by atoms with Gasteiger partial charge in [-0.25, -0.2) is 4.98 Å². The third-order valence-electron chi connectivity index (χ3n) is 1.22. The Balaban J connectivity index is 2.71. The summed E-state index contributed by atoms with van der Waals surface area (Å²) < 4.78 is 5.21. The number of rotatable bonds is 2. The Morgan fingerprint density at radius 2 is 2.42 bits per heavy atom. The van der Waals surface area contributed by atoms with Crippen LogP contribution in [0.2, 0.25) is 5.15 Å². The highest BCUT2D eigenvalue weighted by Gasteiger charge is 2.00. The zero-order chi connectivity index (χ0) is 8.97. The molecule has 1 atom stereocenters. The molecule has 0 aliphatic carbocycles. The smallest absolute Gasteiger partial charge is 0.215 e. The van der Waals surface area contributed by atoms with Crippen molar-refractivity contribution in [2.75, 3.05) is 0 Å². The Morgan fingerprint density at radius 3 is 3.00 bits per heavy atom. The van der Waals surface area contributed by atoms with Gasteiger partial charge in [0.1, 0.15) is 5.15 Å². The number of aromatic nitrogens is 1. The predicted molar refractivity (Wildman–Crippen MR) is 48.2 cm³/mol. The SMILES string of the molecule is C#CC(C)Oc1cccc(Cl)n1. The molecule has 62 valence electrons. The Morgan fingerprint density at radius 1 is 1.67 bits per heavy atom. The molecule has 1 unspecified atom stereocenters. The van der Waals surface area contributed by atoms with E-state index < -0.39 is 0 Å². The first-order chi connectivity index (χ1) is 5.72. The first-order valence-corrected chi connectivity index (χ1v) is 3.85. The van der Waals surface area contributed by atoms with E-state index in [0.29, 0.717) is 11.0 Å². The molecule has 0 saturated carbocycles. The second kappa shape index (κ2) is 3.99. The van der Waals surface area contributed by atoms with Gasteiger partial charge in [0.2, 0.25) is 5.88 Å². The zero-order valence-corrected chi connectivity index (χ0v) is 7.38. The molecule has 1 rings (SSSR count). The number of hydrogen-bond acceptors (Lipinski definition) is 2. The normalized spacial score (nSPS) is 11.8. The van der Waals surface area contributed by atoms with Crippen molar-refractivity contribution in [2.45, 2.75) is 13.0 Å². The fourth-order valence-corrected chi connectivity index (χ4v) is 0.826. The van der Waals surface area contributed by atoms with E-state index in [1.54, 1.807) is 25.1 Å². The van der Waals surface area contributed by atoms with Crippen LogP contribution < -0.4 is 4.74 Å². The number of terminal acetylenes is 1. The Labute approximate surface area is 76.5 Å². The van der Waals surface area contributed by atoms with E-state index in [0.717, 1.165) is 0 Å². The minimum atomic E-state index is -0.282. The number of hydrogen-bond donors (Lipinski definition) is 0. The molecule has 0 aromatic carbocycles. The van der Waals surface area contributed by atoms with Crippen LogP contribution in [0.15, 0.2) is 18.2 Å². The van der Waals surface area contributed by atoms with Crippen molar-refractivity contribution in [2.24, 2.45) is 0 Å². The minimum absolute atomic E-state index is 0.282. The van der Waals surface area contributed by atoms with E-state index in [-0.39, 0.29) is 6.10 Å². The second-order valence-corrected chi connectivity index (χ2v) is 2.61. The Kier molecular flexibility index (Phi) is 2.95. The molecule has 0 aliphatic heterocycles. The summed E-state index contributed by atoms with van der Waals surface area (Å²) >= 11 is 5.63. The van der Waals surface area contributed by atoms with Crippen LogP contribution in [0, 0.1) is 12.3 Å². The molecule has 1 heterocycles. The molecule has 2 nitrogen and oxygen atoms in total. The predicted octanol–water partition coefficient (Wildman–Crippen LogP) is 2.14. The summed E-state index contributed by atoms with van der Waals surface area (Å²) in [6.45, 7) is 1.77. The number of pyridine rings is 1. The molecule has 0 bridgehead atoms. The molecule has 0 spiro atoms. The van der Waals surface area contributed by atoms with E-state index in [4.69, 9.17) is 22.8 Å². The van der Waals surface area contributed by atoms with Crippen molar-refractivity contribution in [3.8, 4) is 18.2 Å². The summed E-state index contributed by atoms with van der Waals surface area (Å²) in [6, 6.07) is 5.14. The molecular formula is C9H8ClNO. The summed E-state index contributed by atoms with van der Waals surface area (Å²) in [5.41, 5.74) is 0. The monoisotopic (exact) mass is 181 g/mol. The third-order valence-corrected chi connectivity index (χ3v) is 1.43. The van der Waals surface area contributed by atoms with E-state index >= 15 is 0 Å². The van der Waals surface area contributed by atoms with E-state index in [9.17, 15) is 0 Å². The van der Waals surface area contributed by atoms with Gasteiger partial charge in [0, 0.05) is 6.07 Å². The van der Waals surface area contributed by atoms with Crippen molar-refractivity contribution < 1.29 is 4.74 Å². The van der Waals surface area contributed by atoms with Crippen LogP contribution in [0.5, 0.6) is 5.88 Å². The van der Waals surface area contributed by atoms with Gasteiger partial charge in [0.15, 0.2) is 6.10 Å². The number of nitrogens with zero attached hydrogens (tertiary/aromatic N) is 1. The van der Waals surface area contributed by atoms with Gasteiger partial charge in [-0.05, 0) is 13.0 Å². The quantitative estimate of drug-likeness (QED) is 0.515. The van der Waals surface area contributed by atoms with Crippen molar-refractivity contribution in [3.05, 3.63) is 23.4 Å². The molecule has 1 aromatic heterocycles. The molecule has 0 N–H and O–H groups in total. The average Bonchev–Trinajstić information content (AvgIpc) is 2.04. The van der Waals surface area contributed by atoms with Gasteiger partial charge in [-0.1, -0.05) is 23.6 Å². The van der Waals surface area contributed by atoms with Crippen LogP contribution in [0.1, 0.15) is 6.92 Å². The molecular weight excluding hydrogens is 174 g/mol. The van der Waals surface area contributed by atoms with Crippen molar-refractivity contribution in [1.82, 2.24) is 4.98 Å². The fraction of sp³-hybridized carbons (Fsp3) is 0.222. The van der Waals surface area contributed by atoms with Gasteiger partial charge in [-0.3, -0.25) is 0 Å². The molecule has 0 amide bonds. The molecule has 1 aromatic rings. The molecule has 12 heavy (non-hydrogen) atoms. The zero-order valence-electron chi connectivity index (χ0n) is 6.62. The lowest BCUT2D eigenvalue weighted by atomic mass is 10.4. The molecule has 3 heteroatoms. The first-order valence-electron chi connectivity index (χ1n) is 3.47. The molecule has 0 saturated heterocycles. The van der Waals surface area contributed by atoms with Crippen LogP contribution in [-0.2, 0) is 0 Å². The van der Waals surface area contributed by atoms with Crippen molar-refractivity contribution in [3.63, 3.8) is 0 Å². The van der Waals surface area contributed by atoms with Gasteiger partial charge < -0.3 is 4.74 Å². The van der Waals surface area contributed by atoms with Gasteiger partial charge in [-0.15, -0.1) is 6.42 Å². The highest BCUT2D eigenvalue weighted by molar-refractivity contribution is 6.29. The third kappa shape index (κ3) is 2.44. The van der Waals surface area contributed by atoms with E-state index in [1.165, 1.54) is 0 Å². The Bertz CT molecular complexity index is 306. The maximum atomic E-state index is 5.63. The van der Waals surface area contributed by atoms with Gasteiger partial charge in [-0.2, -0.15) is 0 Å². The van der Waals surface area contributed by atoms with Crippen LogP contribution >= 0.6 is 11.6 Å². The van der Waals surface area contributed by atoms with Crippen LogP contribution in [0.4, 0.5) is 0 Å². The van der Waals surface area contributed by atoms with Gasteiger partial charge >= 0.3 is 0 Å². The van der Waals surface area contributed by atoms with E-state index in [1.807, 2.05) is 0 Å². The summed E-state index contributed by atoms with van der Waals surface area (Å²) in [7, 11) is 0. The standard InChI is InChI=1S/C9H8ClNO/c1-3-7(2)12-9-6-4-5-8(10)11-9/h1,4-7H,2H3. The van der Waals surface area contributed by atoms with Crippen LogP contribution in [0.3, 0.4) is 0 Å². The van der Waals surface area contributed by atoms with Gasteiger partial charge in [0.05, 0.1) is 0 Å². The molecule has 0 fully saturated rings. The van der Waals surface area contributed by atoms with Crippen LogP contribution in [0.25, 0.3) is 0 Å². The largest absolute Gasteiger partial charge is 0.461 e. The fourth-order valence-electron chi connectivity index (χ4n) is 0.670. The lowest BCUT2D eigenvalue weighted by molar-refractivity contribution is 0.268. The summed E-state index contributed by atoms with van der Waals surface area (Å²) in [6.07, 6.45) is 4.84. The maximum Gasteiger partial charge on any atom is 0.215 e. The highest BCUT2D eigenvalue weighted by atomic mass is 35.5. The topological polar surface area (TPSA) is 22.1 Å². The van der Waals surface area contributed by atoms with Gasteiger partial charge in [0.25, 0.3) is 0 Å². The molecule has 0 radical (unpaired) electrons. The first kappa shape index (κ1) is 8.89.